The summed E-state index contributed by atoms with van der Waals surface area (Å²) in [5, 5.41) is 0. The lowest BCUT2D eigenvalue weighted by Gasteiger charge is -2.28. The predicted octanol–water partition coefficient (Wildman–Crippen LogP) is 1.45. The van der Waals surface area contributed by atoms with Crippen molar-refractivity contribution in [3.63, 3.8) is 0 Å². The van der Waals surface area contributed by atoms with E-state index in [0.717, 1.165) is 32.0 Å². The summed E-state index contributed by atoms with van der Waals surface area (Å²) in [7, 11) is 2.11. The summed E-state index contributed by atoms with van der Waals surface area (Å²) in [6.45, 7) is 3.47. The minimum atomic E-state index is 0.622. The molecule has 1 atom stereocenters. The van der Waals surface area contributed by atoms with Crippen molar-refractivity contribution in [2.45, 2.75) is 19.3 Å². The van der Waals surface area contributed by atoms with Crippen molar-refractivity contribution in [1.29, 1.82) is 0 Å². The lowest BCUT2D eigenvalue weighted by atomic mass is 10.0. The van der Waals surface area contributed by atoms with Gasteiger partial charge in [0.25, 0.3) is 0 Å². The van der Waals surface area contributed by atoms with Crippen LogP contribution < -0.4 is 10.6 Å². The van der Waals surface area contributed by atoms with Crippen LogP contribution in [0.3, 0.4) is 0 Å². The monoisotopic (exact) mass is 249 g/mol. The van der Waals surface area contributed by atoms with E-state index in [-0.39, 0.29) is 0 Å². The van der Waals surface area contributed by atoms with Crippen molar-refractivity contribution in [2.24, 2.45) is 11.7 Å². The molecule has 0 aliphatic carbocycles. The smallest absolute Gasteiger partial charge is 0.131 e. The van der Waals surface area contributed by atoms with E-state index in [1.165, 1.54) is 18.4 Å². The molecule has 2 rings (SSSR count). The van der Waals surface area contributed by atoms with Gasteiger partial charge in [-0.05, 0) is 43.4 Å². The second kappa shape index (κ2) is 6.71. The van der Waals surface area contributed by atoms with Crippen molar-refractivity contribution in [3.05, 3.63) is 23.9 Å². The first-order chi connectivity index (χ1) is 8.81. The van der Waals surface area contributed by atoms with Gasteiger partial charge in [0.15, 0.2) is 0 Å². The number of nitrogens with zero attached hydrogens (tertiary/aromatic N) is 2. The van der Waals surface area contributed by atoms with Crippen LogP contribution >= 0.6 is 0 Å². The Bertz CT molecular complexity index is 364. The zero-order valence-electron chi connectivity index (χ0n) is 11.1. The Morgan fingerprint density at radius 2 is 2.44 bits per heavy atom. The molecule has 0 amide bonds. The zero-order valence-corrected chi connectivity index (χ0v) is 11.1. The SMILES string of the molecule is CN(CC1CCCOC1)c1ncccc1CCN. The number of hydrogen-bond acceptors (Lipinski definition) is 4. The summed E-state index contributed by atoms with van der Waals surface area (Å²) < 4.78 is 5.53. The van der Waals surface area contributed by atoms with Crippen LogP contribution in [-0.2, 0) is 11.2 Å². The highest BCUT2D eigenvalue weighted by Gasteiger charge is 2.17. The minimum Gasteiger partial charge on any atom is -0.381 e. The van der Waals surface area contributed by atoms with Gasteiger partial charge in [-0.2, -0.15) is 0 Å². The first-order valence-electron chi connectivity index (χ1n) is 6.74. The molecule has 2 heterocycles. The number of rotatable bonds is 5. The van der Waals surface area contributed by atoms with Crippen LogP contribution in [0.5, 0.6) is 0 Å². The van der Waals surface area contributed by atoms with E-state index in [9.17, 15) is 0 Å². The van der Waals surface area contributed by atoms with Gasteiger partial charge in [0, 0.05) is 26.4 Å². The van der Waals surface area contributed by atoms with Crippen molar-refractivity contribution in [2.75, 3.05) is 38.3 Å². The van der Waals surface area contributed by atoms with Gasteiger partial charge in [-0.3, -0.25) is 0 Å². The van der Waals surface area contributed by atoms with Crippen LogP contribution in [-0.4, -0.2) is 38.3 Å². The van der Waals surface area contributed by atoms with Crippen LogP contribution in [0.2, 0.25) is 0 Å². The Hall–Kier alpha value is -1.13. The van der Waals surface area contributed by atoms with Gasteiger partial charge in [0.05, 0.1) is 6.61 Å². The predicted molar refractivity (Wildman–Crippen MR) is 73.8 cm³/mol. The maximum atomic E-state index is 5.65. The Balaban J connectivity index is 2.00. The number of ether oxygens (including phenoxy) is 1. The second-order valence-corrected chi connectivity index (χ2v) is 4.99. The number of aromatic nitrogens is 1. The quantitative estimate of drug-likeness (QED) is 0.858. The number of nitrogens with two attached hydrogens (primary N) is 1. The van der Waals surface area contributed by atoms with Crippen LogP contribution in [0, 0.1) is 5.92 Å². The molecule has 100 valence electrons. The third-order valence-corrected chi connectivity index (χ3v) is 3.43. The average molecular weight is 249 g/mol. The highest BCUT2D eigenvalue weighted by molar-refractivity contribution is 5.46. The third-order valence-electron chi connectivity index (χ3n) is 3.43. The molecule has 0 saturated carbocycles. The fourth-order valence-corrected chi connectivity index (χ4v) is 2.55. The molecule has 1 aliphatic rings. The first kappa shape index (κ1) is 13.3. The minimum absolute atomic E-state index is 0.622. The molecule has 0 aromatic carbocycles. The molecule has 1 aromatic rings. The van der Waals surface area contributed by atoms with E-state index in [1.807, 2.05) is 12.3 Å². The van der Waals surface area contributed by atoms with Gasteiger partial charge in [0.2, 0.25) is 0 Å². The van der Waals surface area contributed by atoms with Crippen LogP contribution in [0.15, 0.2) is 18.3 Å². The number of hydrogen-bond donors (Lipinski definition) is 1. The van der Waals surface area contributed by atoms with Crippen LogP contribution in [0.4, 0.5) is 5.82 Å². The van der Waals surface area contributed by atoms with Gasteiger partial charge in [-0.1, -0.05) is 6.07 Å². The molecule has 0 bridgehead atoms. The molecular weight excluding hydrogens is 226 g/mol. The molecule has 18 heavy (non-hydrogen) atoms. The maximum Gasteiger partial charge on any atom is 0.131 e. The standard InChI is InChI=1S/C14H23N3O/c1-17(10-12-4-3-9-18-11-12)14-13(6-7-15)5-2-8-16-14/h2,5,8,12H,3-4,6-7,9-11,15H2,1H3. The summed E-state index contributed by atoms with van der Waals surface area (Å²) in [5.41, 5.74) is 6.88. The number of pyridine rings is 1. The van der Waals surface area contributed by atoms with Gasteiger partial charge < -0.3 is 15.4 Å². The van der Waals surface area contributed by atoms with Gasteiger partial charge in [0.1, 0.15) is 5.82 Å². The van der Waals surface area contributed by atoms with E-state index >= 15 is 0 Å². The molecule has 4 heteroatoms. The van der Waals surface area contributed by atoms with Crippen molar-refractivity contribution in [1.82, 2.24) is 4.98 Å². The molecule has 1 fully saturated rings. The van der Waals surface area contributed by atoms with E-state index < -0.39 is 0 Å². The van der Waals surface area contributed by atoms with Crippen LogP contribution in [0.25, 0.3) is 0 Å². The molecular formula is C14H23N3O. The largest absolute Gasteiger partial charge is 0.381 e. The molecule has 4 nitrogen and oxygen atoms in total. The lowest BCUT2D eigenvalue weighted by molar-refractivity contribution is 0.0576. The van der Waals surface area contributed by atoms with Gasteiger partial charge in [-0.25, -0.2) is 4.98 Å². The zero-order chi connectivity index (χ0) is 12.8. The molecule has 1 aliphatic heterocycles. The lowest BCUT2D eigenvalue weighted by Crippen LogP contribution is -2.32. The van der Waals surface area contributed by atoms with E-state index in [2.05, 4.69) is 23.0 Å². The van der Waals surface area contributed by atoms with E-state index in [4.69, 9.17) is 10.5 Å². The van der Waals surface area contributed by atoms with Crippen molar-refractivity contribution < 1.29 is 4.74 Å². The maximum absolute atomic E-state index is 5.65. The Morgan fingerprint density at radius 1 is 1.56 bits per heavy atom. The Labute approximate surface area is 109 Å². The molecule has 0 radical (unpaired) electrons. The highest BCUT2D eigenvalue weighted by atomic mass is 16.5. The van der Waals surface area contributed by atoms with Crippen molar-refractivity contribution >= 4 is 5.82 Å². The Morgan fingerprint density at radius 3 is 3.17 bits per heavy atom. The van der Waals surface area contributed by atoms with Crippen molar-refractivity contribution in [3.8, 4) is 0 Å². The van der Waals surface area contributed by atoms with E-state index in [1.54, 1.807) is 0 Å². The second-order valence-electron chi connectivity index (χ2n) is 4.99. The van der Waals surface area contributed by atoms with Gasteiger partial charge in [-0.15, -0.1) is 0 Å². The summed E-state index contributed by atoms with van der Waals surface area (Å²) in [4.78, 5) is 6.73. The third kappa shape index (κ3) is 3.43. The fourth-order valence-electron chi connectivity index (χ4n) is 2.55. The summed E-state index contributed by atoms with van der Waals surface area (Å²) >= 11 is 0. The Kier molecular flexibility index (Phi) is 4.96. The average Bonchev–Trinajstić information content (AvgIpc) is 2.41. The topological polar surface area (TPSA) is 51.4 Å². The molecule has 0 spiro atoms. The summed E-state index contributed by atoms with van der Waals surface area (Å²) in [6.07, 6.45) is 5.16. The van der Waals surface area contributed by atoms with Crippen LogP contribution in [0.1, 0.15) is 18.4 Å². The first-order valence-corrected chi connectivity index (χ1v) is 6.74. The normalized spacial score (nSPS) is 19.8. The van der Waals surface area contributed by atoms with E-state index in [0.29, 0.717) is 12.5 Å². The molecule has 2 N–H and O–H groups in total. The fraction of sp³-hybridized carbons (Fsp3) is 0.643. The molecule has 1 saturated heterocycles. The molecule has 1 unspecified atom stereocenters. The molecule has 1 aromatic heterocycles. The summed E-state index contributed by atoms with van der Waals surface area (Å²) in [5.74, 6) is 1.69. The summed E-state index contributed by atoms with van der Waals surface area (Å²) in [6, 6.07) is 4.09. The highest BCUT2D eigenvalue weighted by Crippen LogP contribution is 2.20. The number of anilines is 1. The van der Waals surface area contributed by atoms with Gasteiger partial charge >= 0.3 is 0 Å².